The zero-order valence-corrected chi connectivity index (χ0v) is 8.73. The van der Waals surface area contributed by atoms with Crippen LogP contribution in [0.5, 0.6) is 0 Å². The summed E-state index contributed by atoms with van der Waals surface area (Å²) in [7, 11) is 0. The van der Waals surface area contributed by atoms with Crippen LogP contribution in [0.3, 0.4) is 0 Å². The van der Waals surface area contributed by atoms with Crippen molar-refractivity contribution in [1.82, 2.24) is 0 Å². The molecule has 0 aliphatic rings. The predicted molar refractivity (Wildman–Crippen MR) is 58.3 cm³/mol. The molecule has 0 amide bonds. The molecule has 1 atom stereocenters. The zero-order valence-electron chi connectivity index (χ0n) is 7.97. The summed E-state index contributed by atoms with van der Waals surface area (Å²) in [4.78, 5) is 0. The summed E-state index contributed by atoms with van der Waals surface area (Å²) >= 11 is 5.83. The number of halogens is 1. The van der Waals surface area contributed by atoms with Crippen LogP contribution in [-0.4, -0.2) is 12.6 Å². The van der Waals surface area contributed by atoms with Gasteiger partial charge in [-0.15, -0.1) is 0 Å². The van der Waals surface area contributed by atoms with Crippen molar-refractivity contribution in [3.8, 4) is 0 Å². The van der Waals surface area contributed by atoms with Crippen LogP contribution in [0.1, 0.15) is 12.5 Å². The lowest BCUT2D eigenvalue weighted by Crippen LogP contribution is -2.25. The molecule has 0 saturated carbocycles. The Morgan fingerprint density at radius 2 is 2.23 bits per heavy atom. The number of benzene rings is 1. The van der Waals surface area contributed by atoms with Gasteiger partial charge in [0, 0.05) is 23.3 Å². The summed E-state index contributed by atoms with van der Waals surface area (Å²) in [6.07, 6.45) is 0. The second-order valence-corrected chi connectivity index (χ2v) is 3.68. The third kappa shape index (κ3) is 2.90. The van der Waals surface area contributed by atoms with Gasteiger partial charge < -0.3 is 11.1 Å². The molecule has 0 aliphatic heterocycles. The molecule has 72 valence electrons. The van der Waals surface area contributed by atoms with Crippen LogP contribution in [0.2, 0.25) is 5.02 Å². The Morgan fingerprint density at radius 1 is 1.54 bits per heavy atom. The molecule has 1 unspecified atom stereocenters. The van der Waals surface area contributed by atoms with Crippen LogP contribution in [0, 0.1) is 6.92 Å². The number of aryl methyl sites for hydroxylation is 1. The minimum atomic E-state index is 0.292. The average molecular weight is 199 g/mol. The predicted octanol–water partition coefficient (Wildman–Crippen LogP) is 2.41. The van der Waals surface area contributed by atoms with E-state index in [0.717, 1.165) is 16.3 Å². The molecule has 0 fully saturated rings. The third-order valence-corrected chi connectivity index (χ3v) is 2.18. The van der Waals surface area contributed by atoms with E-state index in [1.54, 1.807) is 0 Å². The Bertz CT molecular complexity index is 286. The highest BCUT2D eigenvalue weighted by molar-refractivity contribution is 6.30. The van der Waals surface area contributed by atoms with Crippen molar-refractivity contribution in [2.24, 2.45) is 5.73 Å². The van der Waals surface area contributed by atoms with E-state index in [0.29, 0.717) is 12.6 Å². The maximum atomic E-state index is 5.83. The summed E-state index contributed by atoms with van der Waals surface area (Å²) in [6.45, 7) is 4.70. The smallest absolute Gasteiger partial charge is 0.0410 e. The number of nitrogens with one attached hydrogen (secondary N) is 1. The number of rotatable bonds is 3. The van der Waals surface area contributed by atoms with Crippen LogP contribution < -0.4 is 11.1 Å². The Balaban J connectivity index is 2.77. The first-order valence-electron chi connectivity index (χ1n) is 4.36. The molecule has 0 heterocycles. The van der Waals surface area contributed by atoms with Gasteiger partial charge in [-0.05, 0) is 37.6 Å². The molecule has 1 aromatic rings. The van der Waals surface area contributed by atoms with Crippen molar-refractivity contribution in [2.75, 3.05) is 11.9 Å². The largest absolute Gasteiger partial charge is 0.381 e. The van der Waals surface area contributed by atoms with Gasteiger partial charge in [0.05, 0.1) is 0 Å². The molecule has 0 bridgehead atoms. The highest BCUT2D eigenvalue weighted by atomic mass is 35.5. The molecule has 0 spiro atoms. The van der Waals surface area contributed by atoms with Gasteiger partial charge in [0.15, 0.2) is 0 Å². The maximum Gasteiger partial charge on any atom is 0.0410 e. The second kappa shape index (κ2) is 4.49. The Kier molecular flexibility index (Phi) is 3.58. The summed E-state index contributed by atoms with van der Waals surface area (Å²) in [5.74, 6) is 0. The number of nitrogens with two attached hydrogens (primary N) is 1. The molecule has 13 heavy (non-hydrogen) atoms. The first-order chi connectivity index (χ1) is 6.13. The molecule has 1 aromatic carbocycles. The van der Waals surface area contributed by atoms with Gasteiger partial charge in [-0.25, -0.2) is 0 Å². The maximum absolute atomic E-state index is 5.83. The summed E-state index contributed by atoms with van der Waals surface area (Å²) in [5.41, 5.74) is 7.76. The molecule has 0 aromatic heterocycles. The average Bonchev–Trinajstić information content (AvgIpc) is 2.09. The highest BCUT2D eigenvalue weighted by Gasteiger charge is 2.01. The third-order valence-electron chi connectivity index (χ3n) is 1.94. The molecule has 1 rings (SSSR count). The Labute approximate surface area is 84.1 Å². The topological polar surface area (TPSA) is 38.0 Å². The first-order valence-corrected chi connectivity index (χ1v) is 4.74. The summed E-state index contributed by atoms with van der Waals surface area (Å²) < 4.78 is 0. The fraction of sp³-hybridized carbons (Fsp3) is 0.400. The van der Waals surface area contributed by atoms with Gasteiger partial charge in [0.1, 0.15) is 0 Å². The Hall–Kier alpha value is -0.730. The minimum absolute atomic E-state index is 0.292. The van der Waals surface area contributed by atoms with Gasteiger partial charge in [-0.2, -0.15) is 0 Å². The lowest BCUT2D eigenvalue weighted by atomic mass is 10.2. The lowest BCUT2D eigenvalue weighted by Gasteiger charge is -2.14. The standard InChI is InChI=1S/C10H15ClN2/c1-7-5-9(11)3-4-10(7)13-8(2)6-12/h3-5,8,13H,6,12H2,1-2H3. The molecule has 0 aliphatic carbocycles. The Morgan fingerprint density at radius 3 is 2.77 bits per heavy atom. The van der Waals surface area contributed by atoms with E-state index in [9.17, 15) is 0 Å². The van der Waals surface area contributed by atoms with Crippen molar-refractivity contribution in [3.63, 3.8) is 0 Å². The highest BCUT2D eigenvalue weighted by Crippen LogP contribution is 2.19. The van der Waals surface area contributed by atoms with Gasteiger partial charge in [0.25, 0.3) is 0 Å². The van der Waals surface area contributed by atoms with E-state index in [-0.39, 0.29) is 0 Å². The van der Waals surface area contributed by atoms with E-state index in [1.165, 1.54) is 0 Å². The van der Waals surface area contributed by atoms with E-state index in [4.69, 9.17) is 17.3 Å². The molecule has 3 N–H and O–H groups in total. The van der Waals surface area contributed by atoms with Crippen LogP contribution in [-0.2, 0) is 0 Å². The van der Waals surface area contributed by atoms with E-state index >= 15 is 0 Å². The van der Waals surface area contributed by atoms with E-state index < -0.39 is 0 Å². The van der Waals surface area contributed by atoms with Crippen LogP contribution >= 0.6 is 11.6 Å². The summed E-state index contributed by atoms with van der Waals surface area (Å²) in [5, 5.41) is 4.07. The zero-order chi connectivity index (χ0) is 9.84. The molecule has 3 heteroatoms. The second-order valence-electron chi connectivity index (χ2n) is 3.24. The molecule has 0 saturated heterocycles. The normalized spacial score (nSPS) is 12.6. The molecule has 2 nitrogen and oxygen atoms in total. The molecular weight excluding hydrogens is 184 g/mol. The van der Waals surface area contributed by atoms with Crippen molar-refractivity contribution in [1.29, 1.82) is 0 Å². The summed E-state index contributed by atoms with van der Waals surface area (Å²) in [6, 6.07) is 6.08. The first kappa shape index (κ1) is 10.4. The fourth-order valence-electron chi connectivity index (χ4n) is 1.11. The quantitative estimate of drug-likeness (QED) is 0.783. The van der Waals surface area contributed by atoms with Gasteiger partial charge in [-0.1, -0.05) is 11.6 Å². The van der Waals surface area contributed by atoms with Crippen LogP contribution in [0.15, 0.2) is 18.2 Å². The molecular formula is C10H15ClN2. The fourth-order valence-corrected chi connectivity index (χ4v) is 1.34. The van der Waals surface area contributed by atoms with Crippen LogP contribution in [0.4, 0.5) is 5.69 Å². The number of hydrogen-bond donors (Lipinski definition) is 2. The van der Waals surface area contributed by atoms with Crippen molar-refractivity contribution >= 4 is 17.3 Å². The van der Waals surface area contributed by atoms with Gasteiger partial charge in [-0.3, -0.25) is 0 Å². The SMILES string of the molecule is Cc1cc(Cl)ccc1NC(C)CN. The lowest BCUT2D eigenvalue weighted by molar-refractivity contribution is 0.803. The van der Waals surface area contributed by atoms with E-state index in [2.05, 4.69) is 5.32 Å². The van der Waals surface area contributed by atoms with Crippen molar-refractivity contribution in [2.45, 2.75) is 19.9 Å². The number of anilines is 1. The molecule has 0 radical (unpaired) electrons. The van der Waals surface area contributed by atoms with Crippen LogP contribution in [0.25, 0.3) is 0 Å². The van der Waals surface area contributed by atoms with Crippen molar-refractivity contribution < 1.29 is 0 Å². The van der Waals surface area contributed by atoms with Gasteiger partial charge in [0.2, 0.25) is 0 Å². The van der Waals surface area contributed by atoms with Gasteiger partial charge >= 0.3 is 0 Å². The monoisotopic (exact) mass is 198 g/mol. The minimum Gasteiger partial charge on any atom is -0.381 e. The van der Waals surface area contributed by atoms with Crippen molar-refractivity contribution in [3.05, 3.63) is 28.8 Å². The van der Waals surface area contributed by atoms with E-state index in [1.807, 2.05) is 32.0 Å². The number of hydrogen-bond acceptors (Lipinski definition) is 2.